The van der Waals surface area contributed by atoms with E-state index in [0.29, 0.717) is 22.9 Å². The summed E-state index contributed by atoms with van der Waals surface area (Å²) in [7, 11) is 1.81. The first-order valence-electron chi connectivity index (χ1n) is 8.82. The molecule has 1 saturated heterocycles. The number of hydrogen-bond acceptors (Lipinski definition) is 4. The van der Waals surface area contributed by atoms with E-state index in [1.54, 1.807) is 10.9 Å². The molecule has 6 heteroatoms. The SMILES string of the molecule is Cc1ccc(CC2CCCN(c3nc4c(cnn4C)c(=O)[nH]3)C2)cc1. The Bertz CT molecular complexity index is 941. The molecule has 4 rings (SSSR count). The second-order valence-corrected chi connectivity index (χ2v) is 7.04. The van der Waals surface area contributed by atoms with Gasteiger partial charge in [-0.1, -0.05) is 29.8 Å². The van der Waals surface area contributed by atoms with Gasteiger partial charge in [-0.25, -0.2) is 0 Å². The van der Waals surface area contributed by atoms with Gasteiger partial charge in [0.05, 0.1) is 6.20 Å². The average Bonchev–Trinajstić information content (AvgIpc) is 2.99. The number of aromatic amines is 1. The van der Waals surface area contributed by atoms with Crippen LogP contribution < -0.4 is 10.5 Å². The first kappa shape index (κ1) is 15.9. The fourth-order valence-electron chi connectivity index (χ4n) is 3.65. The third-order valence-corrected chi connectivity index (χ3v) is 5.05. The summed E-state index contributed by atoms with van der Waals surface area (Å²) in [6.07, 6.45) is 4.96. The standard InChI is InChI=1S/C19H23N5O/c1-13-5-7-14(8-6-13)10-15-4-3-9-24(12-15)19-21-17-16(18(25)22-19)11-20-23(17)2/h5-8,11,15H,3-4,9-10,12H2,1-2H3,(H,21,22,25). The molecule has 3 aromatic rings. The number of piperidine rings is 1. The Balaban J connectivity index is 1.55. The van der Waals surface area contributed by atoms with Crippen molar-refractivity contribution in [3.05, 3.63) is 51.9 Å². The first-order valence-corrected chi connectivity index (χ1v) is 8.82. The summed E-state index contributed by atoms with van der Waals surface area (Å²) >= 11 is 0. The molecule has 130 valence electrons. The Morgan fingerprint density at radius 2 is 2.08 bits per heavy atom. The Labute approximate surface area is 146 Å². The first-order chi connectivity index (χ1) is 12.1. The van der Waals surface area contributed by atoms with E-state index in [0.717, 1.165) is 25.9 Å². The van der Waals surface area contributed by atoms with Crippen LogP contribution in [0.1, 0.15) is 24.0 Å². The molecule has 0 aliphatic carbocycles. The lowest BCUT2D eigenvalue weighted by Gasteiger charge is -2.33. The van der Waals surface area contributed by atoms with Gasteiger partial charge in [0.1, 0.15) is 5.39 Å². The van der Waals surface area contributed by atoms with Crippen molar-refractivity contribution in [2.75, 3.05) is 18.0 Å². The minimum atomic E-state index is -0.117. The van der Waals surface area contributed by atoms with Crippen molar-refractivity contribution in [1.82, 2.24) is 19.7 Å². The number of rotatable bonds is 3. The van der Waals surface area contributed by atoms with E-state index in [1.807, 2.05) is 7.05 Å². The summed E-state index contributed by atoms with van der Waals surface area (Å²) in [5.41, 5.74) is 3.19. The van der Waals surface area contributed by atoms with Crippen LogP contribution in [0.3, 0.4) is 0 Å². The van der Waals surface area contributed by atoms with Crippen LogP contribution >= 0.6 is 0 Å². The van der Waals surface area contributed by atoms with Gasteiger partial charge in [-0.2, -0.15) is 10.1 Å². The number of anilines is 1. The van der Waals surface area contributed by atoms with Gasteiger partial charge in [-0.15, -0.1) is 0 Å². The lowest BCUT2D eigenvalue weighted by molar-refractivity contribution is 0.409. The predicted molar refractivity (Wildman–Crippen MR) is 98.9 cm³/mol. The average molecular weight is 337 g/mol. The number of aryl methyl sites for hydroxylation is 2. The van der Waals surface area contributed by atoms with E-state index in [2.05, 4.69) is 51.2 Å². The summed E-state index contributed by atoms with van der Waals surface area (Å²) in [5.74, 6) is 1.23. The minimum Gasteiger partial charge on any atom is -0.342 e. The van der Waals surface area contributed by atoms with Crippen LogP contribution in [0.4, 0.5) is 5.95 Å². The molecule has 1 aliphatic heterocycles. The fourth-order valence-corrected chi connectivity index (χ4v) is 3.65. The van der Waals surface area contributed by atoms with Crippen LogP contribution in [0.2, 0.25) is 0 Å². The van der Waals surface area contributed by atoms with Crippen molar-refractivity contribution < 1.29 is 0 Å². The van der Waals surface area contributed by atoms with Crippen LogP contribution in [0, 0.1) is 12.8 Å². The zero-order chi connectivity index (χ0) is 17.4. The molecule has 0 amide bonds. The highest BCUT2D eigenvalue weighted by Crippen LogP contribution is 2.24. The van der Waals surface area contributed by atoms with Crippen LogP contribution in [0.15, 0.2) is 35.3 Å². The monoisotopic (exact) mass is 337 g/mol. The number of aromatic nitrogens is 4. The van der Waals surface area contributed by atoms with Gasteiger partial charge in [0, 0.05) is 20.1 Å². The molecule has 2 aromatic heterocycles. The second kappa shape index (κ2) is 6.35. The highest BCUT2D eigenvalue weighted by molar-refractivity contribution is 5.74. The molecule has 1 aliphatic rings. The van der Waals surface area contributed by atoms with Crippen molar-refractivity contribution in [1.29, 1.82) is 0 Å². The quantitative estimate of drug-likeness (QED) is 0.797. The molecule has 1 fully saturated rings. The van der Waals surface area contributed by atoms with E-state index < -0.39 is 0 Å². The second-order valence-electron chi connectivity index (χ2n) is 7.04. The third-order valence-electron chi connectivity index (χ3n) is 5.05. The molecule has 1 atom stereocenters. The number of hydrogen-bond donors (Lipinski definition) is 1. The normalized spacial score (nSPS) is 18.0. The molecule has 0 bridgehead atoms. The van der Waals surface area contributed by atoms with Gasteiger partial charge in [0.25, 0.3) is 5.56 Å². The summed E-state index contributed by atoms with van der Waals surface area (Å²) in [4.78, 5) is 22.1. The highest BCUT2D eigenvalue weighted by Gasteiger charge is 2.23. The molecule has 6 nitrogen and oxygen atoms in total. The lowest BCUT2D eigenvalue weighted by Crippen LogP contribution is -2.38. The number of nitrogens with one attached hydrogen (secondary N) is 1. The van der Waals surface area contributed by atoms with Crippen molar-refractivity contribution in [3.63, 3.8) is 0 Å². The number of fused-ring (bicyclic) bond motifs is 1. The molecule has 3 heterocycles. The van der Waals surface area contributed by atoms with Gasteiger partial charge < -0.3 is 4.90 Å². The number of benzene rings is 1. The Hall–Kier alpha value is -2.63. The van der Waals surface area contributed by atoms with Crippen molar-refractivity contribution in [3.8, 4) is 0 Å². The maximum Gasteiger partial charge on any atom is 0.263 e. The summed E-state index contributed by atoms with van der Waals surface area (Å²) < 4.78 is 1.65. The third kappa shape index (κ3) is 3.16. The van der Waals surface area contributed by atoms with E-state index >= 15 is 0 Å². The maximum absolute atomic E-state index is 12.3. The van der Waals surface area contributed by atoms with Crippen molar-refractivity contribution in [2.24, 2.45) is 13.0 Å². The van der Waals surface area contributed by atoms with Crippen molar-refractivity contribution in [2.45, 2.75) is 26.2 Å². The van der Waals surface area contributed by atoms with Gasteiger partial charge >= 0.3 is 0 Å². The van der Waals surface area contributed by atoms with E-state index in [4.69, 9.17) is 0 Å². The van der Waals surface area contributed by atoms with Crippen LogP contribution in [0.5, 0.6) is 0 Å². The zero-order valence-corrected chi connectivity index (χ0v) is 14.7. The zero-order valence-electron chi connectivity index (χ0n) is 14.7. The van der Waals surface area contributed by atoms with Gasteiger partial charge in [-0.05, 0) is 37.7 Å². The number of nitrogens with zero attached hydrogens (tertiary/aromatic N) is 4. The van der Waals surface area contributed by atoms with E-state index in [9.17, 15) is 4.79 Å². The molecule has 25 heavy (non-hydrogen) atoms. The van der Waals surface area contributed by atoms with Crippen LogP contribution in [0.25, 0.3) is 11.0 Å². The summed E-state index contributed by atoms with van der Waals surface area (Å²) in [6.45, 7) is 3.96. The summed E-state index contributed by atoms with van der Waals surface area (Å²) in [5, 5.41) is 4.68. The molecule has 1 N–H and O–H groups in total. The molecular weight excluding hydrogens is 314 g/mol. The lowest BCUT2D eigenvalue weighted by atomic mass is 9.91. The van der Waals surface area contributed by atoms with Gasteiger partial charge in [-0.3, -0.25) is 14.5 Å². The molecular formula is C19H23N5O. The van der Waals surface area contributed by atoms with Gasteiger partial charge in [0.2, 0.25) is 5.95 Å². The van der Waals surface area contributed by atoms with Gasteiger partial charge in [0.15, 0.2) is 5.65 Å². The molecule has 1 unspecified atom stereocenters. The Morgan fingerprint density at radius 1 is 1.28 bits per heavy atom. The topological polar surface area (TPSA) is 66.8 Å². The molecule has 0 spiro atoms. The summed E-state index contributed by atoms with van der Waals surface area (Å²) in [6, 6.07) is 8.78. The molecule has 0 radical (unpaired) electrons. The fraction of sp³-hybridized carbons (Fsp3) is 0.421. The van der Waals surface area contributed by atoms with E-state index in [1.165, 1.54) is 17.5 Å². The Morgan fingerprint density at radius 3 is 2.88 bits per heavy atom. The predicted octanol–water partition coefficient (Wildman–Crippen LogP) is 2.42. The van der Waals surface area contributed by atoms with Crippen molar-refractivity contribution >= 4 is 17.0 Å². The van der Waals surface area contributed by atoms with E-state index in [-0.39, 0.29) is 5.56 Å². The smallest absolute Gasteiger partial charge is 0.263 e. The number of H-pyrrole nitrogens is 1. The van der Waals surface area contributed by atoms with Crippen LogP contribution in [-0.2, 0) is 13.5 Å². The van der Waals surface area contributed by atoms with Crippen LogP contribution in [-0.4, -0.2) is 32.8 Å². The maximum atomic E-state index is 12.3. The molecule has 1 aromatic carbocycles. The Kier molecular flexibility index (Phi) is 4.03. The largest absolute Gasteiger partial charge is 0.342 e. The highest BCUT2D eigenvalue weighted by atomic mass is 16.1. The molecule has 0 saturated carbocycles. The minimum absolute atomic E-state index is 0.117.